The summed E-state index contributed by atoms with van der Waals surface area (Å²) in [7, 11) is 0. The molecule has 98 valence electrons. The van der Waals surface area contributed by atoms with Gasteiger partial charge in [0.25, 0.3) is 0 Å². The van der Waals surface area contributed by atoms with E-state index in [1.807, 2.05) is 4.90 Å². The normalized spacial score (nSPS) is 18.5. The van der Waals surface area contributed by atoms with Crippen molar-refractivity contribution < 1.29 is 14.5 Å². The number of allylic oxidation sites excluding steroid dienone is 2. The van der Waals surface area contributed by atoms with Crippen molar-refractivity contribution in [3.05, 3.63) is 38.4 Å². The van der Waals surface area contributed by atoms with Gasteiger partial charge in [-0.25, -0.2) is 0 Å². The Balaban J connectivity index is 2.02. The first kappa shape index (κ1) is 12.0. The Morgan fingerprint density at radius 3 is 2.58 bits per heavy atom. The number of hydrogen-bond acceptors (Lipinski definition) is 6. The number of ketones is 2. The lowest BCUT2D eigenvalue weighted by Gasteiger charge is -2.22. The monoisotopic (exact) mass is 278 g/mol. The minimum atomic E-state index is -0.570. The maximum atomic E-state index is 12.3. The highest BCUT2D eigenvalue weighted by atomic mass is 32.1. The van der Waals surface area contributed by atoms with Crippen molar-refractivity contribution in [1.82, 2.24) is 4.90 Å². The summed E-state index contributed by atoms with van der Waals surface area (Å²) >= 11 is 0.781. The number of rotatable bonds is 2. The van der Waals surface area contributed by atoms with Crippen molar-refractivity contribution in [2.45, 2.75) is 12.8 Å². The van der Waals surface area contributed by atoms with Gasteiger partial charge >= 0.3 is 5.00 Å². The fourth-order valence-corrected chi connectivity index (χ4v) is 3.32. The Hall–Kier alpha value is -2.02. The van der Waals surface area contributed by atoms with Gasteiger partial charge in [-0.15, -0.1) is 0 Å². The first-order valence-electron chi connectivity index (χ1n) is 5.92. The van der Waals surface area contributed by atoms with Crippen LogP contribution in [0.5, 0.6) is 0 Å². The Bertz CT molecular complexity index is 626. The Morgan fingerprint density at radius 1 is 1.26 bits per heavy atom. The molecule has 7 heteroatoms. The lowest BCUT2D eigenvalue weighted by atomic mass is 10.00. The van der Waals surface area contributed by atoms with E-state index in [1.165, 1.54) is 12.1 Å². The SMILES string of the molecule is O=C1C=C(N2CCCC2)C(=O)c2sc([N+](=O)[O-])cc21. The van der Waals surface area contributed by atoms with Crippen LogP contribution in [0.15, 0.2) is 17.8 Å². The molecule has 0 saturated carbocycles. The number of likely N-dealkylation sites (tertiary alicyclic amines) is 1. The van der Waals surface area contributed by atoms with Crippen LogP contribution in [-0.2, 0) is 0 Å². The summed E-state index contributed by atoms with van der Waals surface area (Å²) in [4.78, 5) is 36.5. The third-order valence-corrected chi connectivity index (χ3v) is 4.40. The van der Waals surface area contributed by atoms with Gasteiger partial charge in [0, 0.05) is 25.2 Å². The molecule has 1 aromatic rings. The average molecular weight is 278 g/mol. The third-order valence-electron chi connectivity index (χ3n) is 3.32. The molecule has 0 unspecified atom stereocenters. The summed E-state index contributed by atoms with van der Waals surface area (Å²) in [5.74, 6) is -0.588. The van der Waals surface area contributed by atoms with Crippen LogP contribution >= 0.6 is 11.3 Å². The van der Waals surface area contributed by atoms with Crippen LogP contribution in [0.25, 0.3) is 0 Å². The molecule has 0 aromatic carbocycles. The molecule has 0 radical (unpaired) electrons. The molecular weight excluding hydrogens is 268 g/mol. The molecule has 0 atom stereocenters. The Labute approximate surface area is 112 Å². The molecule has 1 aromatic heterocycles. The number of hydrogen-bond donors (Lipinski definition) is 0. The van der Waals surface area contributed by atoms with Crippen molar-refractivity contribution in [3.63, 3.8) is 0 Å². The van der Waals surface area contributed by atoms with Gasteiger partial charge < -0.3 is 4.90 Å². The molecule has 0 N–H and O–H groups in total. The van der Waals surface area contributed by atoms with Crippen molar-refractivity contribution in [1.29, 1.82) is 0 Å². The minimum absolute atomic E-state index is 0.157. The van der Waals surface area contributed by atoms with Crippen LogP contribution in [0.4, 0.5) is 5.00 Å². The van der Waals surface area contributed by atoms with Gasteiger partial charge in [-0.05, 0) is 12.8 Å². The Kier molecular flexibility index (Phi) is 2.70. The zero-order valence-corrected chi connectivity index (χ0v) is 10.7. The Morgan fingerprint density at radius 2 is 1.95 bits per heavy atom. The van der Waals surface area contributed by atoms with E-state index in [9.17, 15) is 19.7 Å². The molecular formula is C12H10N2O4S. The standard InChI is InChI=1S/C12H10N2O4S/c15-9-6-8(13-3-1-2-4-13)11(16)12-7(9)5-10(19-12)14(17)18/h5-6H,1-4H2. The van der Waals surface area contributed by atoms with Gasteiger partial charge in [0.1, 0.15) is 0 Å². The van der Waals surface area contributed by atoms with Crippen LogP contribution in [0.2, 0.25) is 0 Å². The second-order valence-electron chi connectivity index (χ2n) is 4.50. The quantitative estimate of drug-likeness (QED) is 0.610. The highest BCUT2D eigenvalue weighted by molar-refractivity contribution is 7.17. The zero-order chi connectivity index (χ0) is 13.6. The summed E-state index contributed by atoms with van der Waals surface area (Å²) in [6, 6.07) is 1.19. The fourth-order valence-electron chi connectivity index (χ4n) is 2.40. The van der Waals surface area contributed by atoms with Crippen LogP contribution in [0, 0.1) is 10.1 Å². The van der Waals surface area contributed by atoms with E-state index < -0.39 is 4.92 Å². The molecule has 1 aliphatic heterocycles. The van der Waals surface area contributed by atoms with Gasteiger partial charge in [0.15, 0.2) is 5.78 Å². The summed E-state index contributed by atoms with van der Waals surface area (Å²) in [5, 5.41) is 10.6. The summed E-state index contributed by atoms with van der Waals surface area (Å²) in [5.41, 5.74) is 0.538. The van der Waals surface area contributed by atoms with Crippen LogP contribution in [-0.4, -0.2) is 34.5 Å². The summed E-state index contributed by atoms with van der Waals surface area (Å²) in [6.45, 7) is 1.52. The molecule has 1 saturated heterocycles. The highest BCUT2D eigenvalue weighted by Gasteiger charge is 2.34. The van der Waals surface area contributed by atoms with E-state index in [0.717, 1.165) is 37.3 Å². The largest absolute Gasteiger partial charge is 0.368 e. The van der Waals surface area contributed by atoms with E-state index in [0.29, 0.717) is 5.70 Å². The summed E-state index contributed by atoms with van der Waals surface area (Å²) < 4.78 is 0. The number of carbonyl (C=O) groups excluding carboxylic acids is 2. The van der Waals surface area contributed by atoms with Gasteiger partial charge in [-0.1, -0.05) is 11.3 Å². The van der Waals surface area contributed by atoms with Crippen molar-refractivity contribution in [2.75, 3.05) is 13.1 Å². The molecule has 3 rings (SSSR count). The highest BCUT2D eigenvalue weighted by Crippen LogP contribution is 2.35. The molecule has 19 heavy (non-hydrogen) atoms. The van der Waals surface area contributed by atoms with E-state index in [2.05, 4.69) is 0 Å². The van der Waals surface area contributed by atoms with Crippen LogP contribution in [0.1, 0.15) is 32.9 Å². The van der Waals surface area contributed by atoms with E-state index >= 15 is 0 Å². The number of nitro groups is 1. The van der Waals surface area contributed by atoms with Crippen molar-refractivity contribution >= 4 is 27.9 Å². The lowest BCUT2D eigenvalue weighted by Crippen LogP contribution is -2.28. The molecule has 6 nitrogen and oxygen atoms in total. The number of Topliss-reactive ketones (excluding diaryl/α,β-unsaturated/α-hetero) is 1. The molecule has 0 spiro atoms. The second kappa shape index (κ2) is 4.27. The second-order valence-corrected chi connectivity index (χ2v) is 5.53. The number of nitrogens with zero attached hydrogens (tertiary/aromatic N) is 2. The maximum absolute atomic E-state index is 12.3. The van der Waals surface area contributed by atoms with Crippen LogP contribution in [0.3, 0.4) is 0 Å². The number of thiophene rings is 1. The molecule has 1 fully saturated rings. The molecule has 2 heterocycles. The zero-order valence-electron chi connectivity index (χ0n) is 9.92. The van der Waals surface area contributed by atoms with E-state index in [1.54, 1.807) is 0 Å². The van der Waals surface area contributed by atoms with Gasteiger partial charge in [0.05, 0.1) is 21.1 Å². The molecule has 1 aliphatic carbocycles. The predicted octanol–water partition coefficient (Wildman–Crippen LogP) is 2.02. The third kappa shape index (κ3) is 1.86. The first-order chi connectivity index (χ1) is 9.08. The predicted molar refractivity (Wildman–Crippen MR) is 68.5 cm³/mol. The molecule has 0 amide bonds. The number of carbonyl (C=O) groups is 2. The van der Waals surface area contributed by atoms with Gasteiger partial charge in [0.2, 0.25) is 5.78 Å². The van der Waals surface area contributed by atoms with Crippen molar-refractivity contribution in [3.8, 4) is 0 Å². The molecule has 2 aliphatic rings. The van der Waals surface area contributed by atoms with Crippen LogP contribution < -0.4 is 0 Å². The fraction of sp³-hybridized carbons (Fsp3) is 0.333. The maximum Gasteiger partial charge on any atom is 0.325 e. The molecule has 0 bridgehead atoms. The smallest absolute Gasteiger partial charge is 0.325 e. The minimum Gasteiger partial charge on any atom is -0.368 e. The van der Waals surface area contributed by atoms with Gasteiger partial charge in [-0.2, -0.15) is 0 Å². The van der Waals surface area contributed by atoms with E-state index in [-0.39, 0.29) is 27.0 Å². The lowest BCUT2D eigenvalue weighted by molar-refractivity contribution is -0.380. The van der Waals surface area contributed by atoms with Crippen molar-refractivity contribution in [2.24, 2.45) is 0 Å². The van der Waals surface area contributed by atoms with E-state index in [4.69, 9.17) is 0 Å². The first-order valence-corrected chi connectivity index (χ1v) is 6.73. The van der Waals surface area contributed by atoms with Gasteiger partial charge in [-0.3, -0.25) is 19.7 Å². The average Bonchev–Trinajstić information content (AvgIpc) is 3.01. The number of fused-ring (bicyclic) bond motifs is 1. The topological polar surface area (TPSA) is 80.5 Å². The summed E-state index contributed by atoms with van der Waals surface area (Å²) in [6.07, 6.45) is 3.30.